The summed E-state index contributed by atoms with van der Waals surface area (Å²) >= 11 is 2.73. The summed E-state index contributed by atoms with van der Waals surface area (Å²) in [5, 5.41) is 16.9. The molecule has 0 fully saturated rings. The average molecular weight is 592 g/mol. The Kier molecular flexibility index (Phi) is 9.27. The van der Waals surface area contributed by atoms with E-state index in [4.69, 9.17) is 4.99 Å². The minimum absolute atomic E-state index is 0.0859. The Hall–Kier alpha value is -4.52. The van der Waals surface area contributed by atoms with Crippen LogP contribution in [0.4, 0.5) is 11.4 Å². The number of rotatable bonds is 8. The molecule has 1 aliphatic heterocycles. The molecule has 5 rings (SSSR count). The van der Waals surface area contributed by atoms with Gasteiger partial charge in [-0.05, 0) is 67.4 Å². The molecule has 2 atom stereocenters. The fourth-order valence-electron chi connectivity index (χ4n) is 4.78. The number of pyridine rings is 1. The van der Waals surface area contributed by atoms with Crippen LogP contribution in [0.5, 0.6) is 0 Å². The third-order valence-electron chi connectivity index (χ3n) is 6.81. The van der Waals surface area contributed by atoms with Crippen LogP contribution < -0.4 is 10.6 Å². The number of carbonyl (C=O) groups excluding carboxylic acids is 2. The lowest BCUT2D eigenvalue weighted by molar-refractivity contribution is -0.114. The van der Waals surface area contributed by atoms with Crippen molar-refractivity contribution in [2.45, 2.75) is 26.2 Å². The first-order valence-electron chi connectivity index (χ1n) is 13.5. The first-order chi connectivity index (χ1) is 20.5. The van der Waals surface area contributed by atoms with Crippen molar-refractivity contribution in [2.75, 3.05) is 16.4 Å². The Balaban J connectivity index is 1.45. The van der Waals surface area contributed by atoms with Gasteiger partial charge in [-0.15, -0.1) is 11.3 Å². The molecular formula is C33H29N5O2S2. The number of aromatic nitrogens is 1. The number of hydrogen-bond acceptors (Lipinski definition) is 7. The molecule has 42 heavy (non-hydrogen) atoms. The molecule has 0 saturated heterocycles. The van der Waals surface area contributed by atoms with Crippen LogP contribution in [0.15, 0.2) is 107 Å². The van der Waals surface area contributed by atoms with Gasteiger partial charge in [0.05, 0.1) is 27.4 Å². The van der Waals surface area contributed by atoms with Crippen molar-refractivity contribution in [1.82, 2.24) is 4.98 Å². The van der Waals surface area contributed by atoms with Crippen LogP contribution in [0.25, 0.3) is 10.6 Å². The van der Waals surface area contributed by atoms with E-state index in [2.05, 4.69) is 28.6 Å². The molecule has 9 heteroatoms. The second-order valence-electron chi connectivity index (χ2n) is 9.66. The Morgan fingerprint density at radius 1 is 0.976 bits per heavy atom. The number of hydrogen-bond donors (Lipinski definition) is 2. The summed E-state index contributed by atoms with van der Waals surface area (Å²) in [7, 11) is 0. The second kappa shape index (κ2) is 13.4. The molecule has 2 amide bonds. The van der Waals surface area contributed by atoms with Gasteiger partial charge in [0, 0.05) is 39.6 Å². The third-order valence-corrected chi connectivity index (χ3v) is 9.05. The van der Waals surface area contributed by atoms with Crippen LogP contribution in [0.3, 0.4) is 0 Å². The molecule has 2 aromatic heterocycles. The Bertz CT molecular complexity index is 1690. The number of benzene rings is 2. The zero-order valence-corrected chi connectivity index (χ0v) is 24.8. The van der Waals surface area contributed by atoms with Gasteiger partial charge in [-0.25, -0.2) is 4.99 Å². The molecule has 0 spiro atoms. The number of para-hydroxylation sites is 1. The second-order valence-corrected chi connectivity index (χ2v) is 11.8. The van der Waals surface area contributed by atoms with E-state index >= 15 is 0 Å². The van der Waals surface area contributed by atoms with Gasteiger partial charge in [0.1, 0.15) is 5.92 Å². The van der Waals surface area contributed by atoms with E-state index in [1.807, 2.05) is 84.9 Å². The summed E-state index contributed by atoms with van der Waals surface area (Å²) < 4.78 is 0. The number of carbonyl (C=O) groups is 2. The molecule has 210 valence electrons. The molecule has 2 unspecified atom stereocenters. The van der Waals surface area contributed by atoms with Crippen LogP contribution in [0.1, 0.15) is 30.2 Å². The van der Waals surface area contributed by atoms with E-state index in [1.54, 1.807) is 13.1 Å². The number of anilines is 2. The van der Waals surface area contributed by atoms with Crippen molar-refractivity contribution in [3.05, 3.63) is 113 Å². The van der Waals surface area contributed by atoms with Crippen LogP contribution in [0.2, 0.25) is 0 Å². The lowest BCUT2D eigenvalue weighted by Gasteiger charge is -2.29. The van der Waals surface area contributed by atoms with Crippen LogP contribution in [-0.4, -0.2) is 27.6 Å². The van der Waals surface area contributed by atoms with Crippen molar-refractivity contribution in [1.29, 1.82) is 5.26 Å². The fraction of sp³-hybridized carbons (Fsp3) is 0.182. The fourth-order valence-corrected chi connectivity index (χ4v) is 6.84. The predicted octanol–water partition coefficient (Wildman–Crippen LogP) is 7.29. The molecular weight excluding hydrogens is 563 g/mol. The Morgan fingerprint density at radius 2 is 1.76 bits per heavy atom. The van der Waals surface area contributed by atoms with E-state index in [0.29, 0.717) is 22.0 Å². The highest BCUT2D eigenvalue weighted by Gasteiger charge is 2.40. The number of thioether (sulfide) groups is 1. The monoisotopic (exact) mass is 591 g/mol. The number of nitrogens with one attached hydrogen (secondary N) is 2. The first-order valence-corrected chi connectivity index (χ1v) is 15.3. The molecule has 3 heterocycles. The Labute approximate surface area is 253 Å². The van der Waals surface area contributed by atoms with Crippen LogP contribution >= 0.6 is 23.1 Å². The van der Waals surface area contributed by atoms with Gasteiger partial charge < -0.3 is 10.6 Å². The highest BCUT2D eigenvalue weighted by molar-refractivity contribution is 8.14. The SMILES string of the molecule is CCc1cccc(NC(=O)CSC2=NC(C)=C(C(=O)Nc3ccccc3)C(c3ccc(-c4ccccn4)s3)C2C#N)c1. The summed E-state index contributed by atoms with van der Waals surface area (Å²) in [5.74, 6) is -1.72. The van der Waals surface area contributed by atoms with Gasteiger partial charge in [-0.1, -0.05) is 55.1 Å². The van der Waals surface area contributed by atoms with Crippen molar-refractivity contribution < 1.29 is 9.59 Å². The number of aryl methyl sites for hydroxylation is 1. The van der Waals surface area contributed by atoms with E-state index in [0.717, 1.165) is 33.1 Å². The van der Waals surface area contributed by atoms with Crippen molar-refractivity contribution in [3.63, 3.8) is 0 Å². The van der Waals surface area contributed by atoms with Gasteiger partial charge in [0.25, 0.3) is 5.91 Å². The molecule has 2 N–H and O–H groups in total. The van der Waals surface area contributed by atoms with Gasteiger partial charge >= 0.3 is 0 Å². The van der Waals surface area contributed by atoms with Crippen molar-refractivity contribution >= 4 is 51.3 Å². The van der Waals surface area contributed by atoms with Crippen LogP contribution in [-0.2, 0) is 16.0 Å². The summed E-state index contributed by atoms with van der Waals surface area (Å²) in [6.07, 6.45) is 2.61. The maximum Gasteiger partial charge on any atom is 0.254 e. The summed E-state index contributed by atoms with van der Waals surface area (Å²) in [6.45, 7) is 3.85. The summed E-state index contributed by atoms with van der Waals surface area (Å²) in [6, 6.07) is 29.0. The number of allylic oxidation sites excluding steroid dienone is 1. The zero-order chi connectivity index (χ0) is 29.5. The minimum Gasteiger partial charge on any atom is -0.325 e. The maximum absolute atomic E-state index is 13.7. The third kappa shape index (κ3) is 6.68. The molecule has 1 aliphatic rings. The first kappa shape index (κ1) is 29.0. The van der Waals surface area contributed by atoms with Crippen molar-refractivity contribution in [2.24, 2.45) is 10.9 Å². The summed E-state index contributed by atoms with van der Waals surface area (Å²) in [4.78, 5) is 37.5. The van der Waals surface area contributed by atoms with Crippen molar-refractivity contribution in [3.8, 4) is 16.6 Å². The molecule has 0 radical (unpaired) electrons. The van der Waals surface area contributed by atoms with Crippen LogP contribution in [0, 0.1) is 17.2 Å². The molecule has 0 bridgehead atoms. The number of thiophene rings is 1. The lowest BCUT2D eigenvalue weighted by Crippen LogP contribution is -2.31. The molecule has 4 aromatic rings. The molecule has 0 saturated carbocycles. The van der Waals surface area contributed by atoms with Gasteiger partial charge in [0.2, 0.25) is 5.91 Å². The van der Waals surface area contributed by atoms with Gasteiger partial charge in [-0.3, -0.25) is 14.6 Å². The topological polar surface area (TPSA) is 107 Å². The van der Waals surface area contributed by atoms with E-state index in [-0.39, 0.29) is 17.6 Å². The number of nitrogens with zero attached hydrogens (tertiary/aromatic N) is 3. The largest absolute Gasteiger partial charge is 0.325 e. The smallest absolute Gasteiger partial charge is 0.254 e. The molecule has 0 aliphatic carbocycles. The van der Waals surface area contributed by atoms with E-state index in [9.17, 15) is 14.9 Å². The molecule has 2 aromatic carbocycles. The Morgan fingerprint density at radius 3 is 2.50 bits per heavy atom. The van der Waals surface area contributed by atoms with Gasteiger partial charge in [0.15, 0.2) is 0 Å². The zero-order valence-electron chi connectivity index (χ0n) is 23.2. The predicted molar refractivity (Wildman–Crippen MR) is 172 cm³/mol. The quantitative estimate of drug-likeness (QED) is 0.224. The van der Waals surface area contributed by atoms with Gasteiger partial charge in [-0.2, -0.15) is 5.26 Å². The standard InChI is InChI=1S/C33H29N5O2S2/c1-3-22-10-9-13-24(18-22)37-29(39)20-41-33-25(19-34)31(28-16-15-27(42-28)26-14-7-8-17-35-26)30(21(2)36-33)32(40)38-23-11-5-4-6-12-23/h4-18,25,31H,3,20H2,1-2H3,(H,37,39)(H,38,40). The minimum atomic E-state index is -0.748. The summed E-state index contributed by atoms with van der Waals surface area (Å²) in [5.41, 5.74) is 4.30. The maximum atomic E-state index is 13.7. The number of aliphatic imine (C=N–C) groups is 1. The number of nitriles is 1. The molecule has 7 nitrogen and oxygen atoms in total. The number of amides is 2. The lowest BCUT2D eigenvalue weighted by atomic mass is 9.82. The highest BCUT2D eigenvalue weighted by Crippen LogP contribution is 2.45. The van der Waals surface area contributed by atoms with E-state index < -0.39 is 11.8 Å². The normalized spacial score (nSPS) is 16.4. The average Bonchev–Trinajstić information content (AvgIpc) is 3.51. The highest BCUT2D eigenvalue weighted by atomic mass is 32.2. The van der Waals surface area contributed by atoms with E-state index in [1.165, 1.54) is 23.1 Å².